The minimum Gasteiger partial charge on any atom is -0.310 e. The van der Waals surface area contributed by atoms with E-state index in [2.05, 4.69) is 131 Å². The Balaban J connectivity index is 1.55. The lowest BCUT2D eigenvalue weighted by Crippen LogP contribution is -2.25. The third-order valence-corrected chi connectivity index (χ3v) is 8.58. The Morgan fingerprint density at radius 3 is 0.750 bits per heavy atom. The van der Waals surface area contributed by atoms with Gasteiger partial charge in [-0.25, -0.2) is 0 Å². The zero-order valence-electron chi connectivity index (χ0n) is 23.1. The number of benzene rings is 5. The van der Waals surface area contributed by atoms with E-state index >= 15 is 0 Å². The third-order valence-electron chi connectivity index (χ3n) is 8.58. The van der Waals surface area contributed by atoms with Crippen LogP contribution in [0.15, 0.2) is 121 Å². The number of rotatable bonds is 6. The van der Waals surface area contributed by atoms with Crippen LogP contribution in [0.3, 0.4) is 0 Å². The van der Waals surface area contributed by atoms with Crippen molar-refractivity contribution in [3.63, 3.8) is 0 Å². The number of hydrogen-bond donors (Lipinski definition) is 0. The molecular weight excluding hydrogens is 484 g/mol. The van der Waals surface area contributed by atoms with Gasteiger partial charge in [0, 0.05) is 22.7 Å². The van der Waals surface area contributed by atoms with Gasteiger partial charge in [0.1, 0.15) is 0 Å². The Labute approximate surface area is 238 Å². The van der Waals surface area contributed by atoms with Gasteiger partial charge >= 0.3 is 0 Å². The van der Waals surface area contributed by atoms with E-state index in [9.17, 15) is 0 Å². The predicted octanol–water partition coefficient (Wildman–Crippen LogP) is 10.4. The molecule has 0 saturated carbocycles. The first-order chi connectivity index (χ1) is 19.9. The number of anilines is 6. The molecular formula is C38H36N2. The molecule has 5 aromatic rings. The fraction of sp³-hybridized carbons (Fsp3) is 0.211. The van der Waals surface area contributed by atoms with Crippen LogP contribution in [-0.2, 0) is 25.7 Å². The minimum absolute atomic E-state index is 1.12. The Morgan fingerprint density at radius 1 is 0.300 bits per heavy atom. The summed E-state index contributed by atoms with van der Waals surface area (Å²) in [6, 6.07) is 44.0. The highest BCUT2D eigenvalue weighted by Crippen LogP contribution is 2.52. The molecule has 2 aliphatic carbocycles. The summed E-state index contributed by atoms with van der Waals surface area (Å²) in [7, 11) is 0. The van der Waals surface area contributed by atoms with Gasteiger partial charge in [0.25, 0.3) is 0 Å². The van der Waals surface area contributed by atoms with Crippen molar-refractivity contribution in [2.45, 2.75) is 51.4 Å². The van der Waals surface area contributed by atoms with Gasteiger partial charge in [0.05, 0.1) is 11.4 Å². The molecule has 0 radical (unpaired) electrons. The van der Waals surface area contributed by atoms with Crippen molar-refractivity contribution in [3.8, 4) is 0 Å². The number of hydrogen-bond acceptors (Lipinski definition) is 2. The number of nitrogens with zero attached hydrogens (tertiary/aromatic N) is 2. The average molecular weight is 521 g/mol. The molecule has 2 aliphatic rings. The van der Waals surface area contributed by atoms with Crippen molar-refractivity contribution in [2.75, 3.05) is 9.80 Å². The van der Waals surface area contributed by atoms with Crippen molar-refractivity contribution in [2.24, 2.45) is 0 Å². The molecule has 0 aliphatic heterocycles. The Morgan fingerprint density at radius 2 is 0.525 bits per heavy atom. The fourth-order valence-electron chi connectivity index (χ4n) is 6.88. The lowest BCUT2D eigenvalue weighted by Gasteiger charge is -2.40. The molecule has 2 nitrogen and oxygen atoms in total. The molecule has 2 heteroatoms. The zero-order chi connectivity index (χ0) is 26.7. The van der Waals surface area contributed by atoms with Crippen LogP contribution in [0.2, 0.25) is 0 Å². The number of para-hydroxylation sites is 4. The maximum atomic E-state index is 2.56. The van der Waals surface area contributed by atoms with Crippen LogP contribution >= 0.6 is 0 Å². The van der Waals surface area contributed by atoms with E-state index < -0.39 is 0 Å². The fourth-order valence-corrected chi connectivity index (χ4v) is 6.88. The molecule has 7 rings (SSSR count). The first-order valence-corrected chi connectivity index (χ1v) is 14.9. The van der Waals surface area contributed by atoms with Gasteiger partial charge in [-0.3, -0.25) is 0 Å². The quantitative estimate of drug-likeness (QED) is 0.205. The van der Waals surface area contributed by atoms with Crippen LogP contribution in [-0.4, -0.2) is 0 Å². The molecule has 40 heavy (non-hydrogen) atoms. The molecule has 0 spiro atoms. The normalized spacial score (nSPS) is 14.2. The highest BCUT2D eigenvalue weighted by Gasteiger charge is 2.33. The summed E-state index contributed by atoms with van der Waals surface area (Å²) < 4.78 is 0. The Bertz CT molecular complexity index is 1340. The molecule has 0 atom stereocenters. The van der Waals surface area contributed by atoms with E-state index in [-0.39, 0.29) is 0 Å². The SMILES string of the molecule is c1ccc(N(c2ccccc2)c2c3c(c(N(c4ccccc4)c4ccccc4)c4c2CCCC4)CCCC3)cc1. The second-order valence-electron chi connectivity index (χ2n) is 11.0. The molecule has 0 unspecified atom stereocenters. The van der Waals surface area contributed by atoms with Crippen LogP contribution in [0.1, 0.15) is 47.9 Å². The van der Waals surface area contributed by atoms with Crippen molar-refractivity contribution in [1.29, 1.82) is 0 Å². The van der Waals surface area contributed by atoms with E-state index in [1.165, 1.54) is 59.8 Å². The molecule has 5 aromatic carbocycles. The first-order valence-electron chi connectivity index (χ1n) is 14.9. The van der Waals surface area contributed by atoms with Gasteiger partial charge in [-0.15, -0.1) is 0 Å². The molecule has 0 N–H and O–H groups in total. The average Bonchev–Trinajstić information content (AvgIpc) is 3.04. The lowest BCUT2D eigenvalue weighted by molar-refractivity contribution is 0.659. The van der Waals surface area contributed by atoms with Gasteiger partial charge in [0.2, 0.25) is 0 Å². The van der Waals surface area contributed by atoms with Crippen molar-refractivity contribution < 1.29 is 0 Å². The molecule has 0 aromatic heterocycles. The summed E-state index contributed by atoms with van der Waals surface area (Å²) >= 11 is 0. The van der Waals surface area contributed by atoms with Crippen LogP contribution in [0, 0.1) is 0 Å². The van der Waals surface area contributed by atoms with Crippen molar-refractivity contribution in [1.82, 2.24) is 0 Å². The predicted molar refractivity (Wildman–Crippen MR) is 169 cm³/mol. The standard InChI is InChI=1S/C38H36N2/c1-5-17-29(18-6-1)39(30-19-7-2-8-20-30)37-33-25-13-15-27-35(33)38(36-28-16-14-26-34(36)37)40(31-21-9-3-10-22-31)32-23-11-4-12-24-32/h1-12,17-24H,13-16,25-28H2. The topological polar surface area (TPSA) is 6.48 Å². The van der Waals surface area contributed by atoms with E-state index in [0.717, 1.165) is 25.7 Å². The summed E-state index contributed by atoms with van der Waals surface area (Å²) in [6.45, 7) is 0. The summed E-state index contributed by atoms with van der Waals surface area (Å²) in [5.41, 5.74) is 14.1. The third kappa shape index (κ3) is 4.48. The van der Waals surface area contributed by atoms with Gasteiger partial charge < -0.3 is 9.80 Å². The summed E-state index contributed by atoms with van der Waals surface area (Å²) in [4.78, 5) is 5.13. The number of fused-ring (bicyclic) bond motifs is 2. The first kappa shape index (κ1) is 24.7. The molecule has 0 heterocycles. The highest BCUT2D eigenvalue weighted by atomic mass is 15.2. The molecule has 0 fully saturated rings. The summed E-state index contributed by atoms with van der Waals surface area (Å²) in [5, 5.41) is 0. The van der Waals surface area contributed by atoms with Crippen LogP contribution in [0.25, 0.3) is 0 Å². The maximum absolute atomic E-state index is 2.56. The van der Waals surface area contributed by atoms with E-state index in [4.69, 9.17) is 0 Å². The molecule has 0 saturated heterocycles. The van der Waals surface area contributed by atoms with E-state index in [1.54, 1.807) is 22.3 Å². The second kappa shape index (κ2) is 11.1. The largest absolute Gasteiger partial charge is 0.310 e. The van der Waals surface area contributed by atoms with E-state index in [0.29, 0.717) is 0 Å². The smallest absolute Gasteiger partial charge is 0.0532 e. The zero-order valence-corrected chi connectivity index (χ0v) is 23.1. The van der Waals surface area contributed by atoms with Crippen molar-refractivity contribution >= 4 is 34.1 Å². The van der Waals surface area contributed by atoms with Crippen LogP contribution in [0.5, 0.6) is 0 Å². The highest BCUT2D eigenvalue weighted by molar-refractivity contribution is 5.90. The van der Waals surface area contributed by atoms with Crippen molar-refractivity contribution in [3.05, 3.63) is 144 Å². The molecule has 0 amide bonds. The Hall–Kier alpha value is -4.30. The summed E-state index contributed by atoms with van der Waals surface area (Å²) in [6.07, 6.45) is 9.46. The van der Waals surface area contributed by atoms with Gasteiger partial charge in [-0.2, -0.15) is 0 Å². The van der Waals surface area contributed by atoms with Crippen LogP contribution in [0.4, 0.5) is 34.1 Å². The summed E-state index contributed by atoms with van der Waals surface area (Å²) in [5.74, 6) is 0. The van der Waals surface area contributed by atoms with E-state index in [1.807, 2.05) is 0 Å². The van der Waals surface area contributed by atoms with Gasteiger partial charge in [0.15, 0.2) is 0 Å². The monoisotopic (exact) mass is 520 g/mol. The van der Waals surface area contributed by atoms with Crippen LogP contribution < -0.4 is 9.80 Å². The Kier molecular flexibility index (Phi) is 6.83. The molecule has 0 bridgehead atoms. The van der Waals surface area contributed by atoms with Gasteiger partial charge in [-0.05, 0) is 122 Å². The maximum Gasteiger partial charge on any atom is 0.0532 e. The second-order valence-corrected chi connectivity index (χ2v) is 11.0. The van der Waals surface area contributed by atoms with Gasteiger partial charge in [-0.1, -0.05) is 72.8 Å². The molecule has 198 valence electrons. The lowest BCUT2D eigenvalue weighted by atomic mass is 9.78. The minimum atomic E-state index is 1.12.